The van der Waals surface area contributed by atoms with Gasteiger partial charge in [-0.25, -0.2) is 4.79 Å². The highest BCUT2D eigenvalue weighted by molar-refractivity contribution is 6.30. The van der Waals surface area contributed by atoms with E-state index < -0.39 is 54.3 Å². The summed E-state index contributed by atoms with van der Waals surface area (Å²) in [6.45, 7) is -0.243. The van der Waals surface area contributed by atoms with Crippen LogP contribution in [0.15, 0.2) is 84.9 Å². The first-order valence-electron chi connectivity index (χ1n) is 16.9. The third-order valence-electron chi connectivity index (χ3n) is 9.04. The molecule has 4 aromatic carbocycles. The van der Waals surface area contributed by atoms with Gasteiger partial charge in [-0.1, -0.05) is 48.0 Å². The molecule has 0 fully saturated rings. The number of phenols is 2. The lowest BCUT2D eigenvalue weighted by Crippen LogP contribution is -2.52. The first-order valence-corrected chi connectivity index (χ1v) is 17.3. The number of aliphatic carboxylic acids is 1. The summed E-state index contributed by atoms with van der Waals surface area (Å²) in [6, 6.07) is 18.7. The van der Waals surface area contributed by atoms with Crippen LogP contribution < -0.4 is 21.7 Å². The fourth-order valence-corrected chi connectivity index (χ4v) is 6.31. The predicted octanol–water partition coefficient (Wildman–Crippen LogP) is 3.75. The Morgan fingerprint density at radius 2 is 1.53 bits per heavy atom. The van der Waals surface area contributed by atoms with Gasteiger partial charge in [-0.15, -0.1) is 0 Å². The number of halogens is 1. The number of hydrogen-bond donors (Lipinski definition) is 7. The van der Waals surface area contributed by atoms with E-state index in [1.165, 1.54) is 43.4 Å². The van der Waals surface area contributed by atoms with Gasteiger partial charge in [0.25, 0.3) is 5.91 Å². The maximum atomic E-state index is 14.3. The Bertz CT molecular complexity index is 2000. The smallest absolute Gasteiger partial charge is 0.326 e. The topological polar surface area (TPSA) is 211 Å². The molecule has 0 aliphatic carbocycles. The number of carbonyl (C=O) groups excluding carboxylic acids is 4. The van der Waals surface area contributed by atoms with E-state index in [0.717, 1.165) is 16.0 Å². The van der Waals surface area contributed by atoms with Crippen molar-refractivity contribution in [2.75, 3.05) is 20.1 Å². The van der Waals surface area contributed by atoms with Crippen molar-refractivity contribution >= 4 is 41.2 Å². The van der Waals surface area contributed by atoms with E-state index >= 15 is 0 Å². The van der Waals surface area contributed by atoms with Gasteiger partial charge in [-0.05, 0) is 96.6 Å². The quantitative estimate of drug-likeness (QED) is 0.118. The zero-order valence-corrected chi connectivity index (χ0v) is 29.6. The number of nitrogens with two attached hydrogens (primary N) is 1. The van der Waals surface area contributed by atoms with Crippen LogP contribution in [0.25, 0.3) is 22.3 Å². The number of carboxylic acid groups (broad SMARTS) is 1. The highest BCUT2D eigenvalue weighted by atomic mass is 35.5. The van der Waals surface area contributed by atoms with Crippen LogP contribution in [-0.4, -0.2) is 82.0 Å². The maximum absolute atomic E-state index is 14.3. The molecule has 53 heavy (non-hydrogen) atoms. The molecule has 0 aromatic heterocycles. The number of nitrogens with one attached hydrogen (secondary N) is 3. The van der Waals surface area contributed by atoms with Crippen LogP contribution in [0, 0.1) is 0 Å². The number of benzene rings is 4. The molecule has 1 heterocycles. The van der Waals surface area contributed by atoms with Crippen molar-refractivity contribution in [3.05, 3.63) is 107 Å². The number of unbranched alkanes of at least 4 members (excludes halogenated alkanes) is 1. The van der Waals surface area contributed by atoms with E-state index in [0.29, 0.717) is 35.5 Å². The van der Waals surface area contributed by atoms with Crippen molar-refractivity contribution < 1.29 is 39.3 Å². The Kier molecular flexibility index (Phi) is 12.3. The highest BCUT2D eigenvalue weighted by Gasteiger charge is 2.34. The number of aromatic hydroxyl groups is 2. The Morgan fingerprint density at radius 3 is 2.17 bits per heavy atom. The monoisotopic (exact) mass is 741 g/mol. The molecule has 0 saturated heterocycles. The van der Waals surface area contributed by atoms with Gasteiger partial charge in [-0.2, -0.15) is 0 Å². The van der Waals surface area contributed by atoms with Crippen LogP contribution in [0.3, 0.4) is 0 Å². The number of likely N-dealkylation sites (N-methyl/N-ethyl adjacent to an activating group) is 1. The molecule has 276 valence electrons. The minimum absolute atomic E-state index is 0.114. The zero-order chi connectivity index (χ0) is 38.2. The number of fused-ring (bicyclic) bond motifs is 5. The van der Waals surface area contributed by atoms with Crippen molar-refractivity contribution in [2.24, 2.45) is 5.73 Å². The van der Waals surface area contributed by atoms with Crippen LogP contribution >= 0.6 is 11.6 Å². The average molecular weight is 742 g/mol. The fraction of sp³-hybridized carbons (Fsp3) is 0.256. The molecule has 5 rings (SSSR count). The fourth-order valence-electron chi connectivity index (χ4n) is 6.18. The Labute approximate surface area is 310 Å². The van der Waals surface area contributed by atoms with E-state index in [-0.39, 0.29) is 41.0 Å². The third-order valence-corrected chi connectivity index (χ3v) is 9.29. The van der Waals surface area contributed by atoms with Gasteiger partial charge in [0.05, 0.1) is 6.54 Å². The van der Waals surface area contributed by atoms with Gasteiger partial charge in [0.1, 0.15) is 29.6 Å². The largest absolute Gasteiger partial charge is 0.507 e. The number of phenolic OH excluding ortho intramolecular Hbond substituents is 2. The summed E-state index contributed by atoms with van der Waals surface area (Å²) in [7, 11) is 1.38. The van der Waals surface area contributed by atoms with Crippen molar-refractivity contribution in [3.63, 3.8) is 0 Å². The molecule has 4 amide bonds. The second-order valence-corrected chi connectivity index (χ2v) is 13.2. The van der Waals surface area contributed by atoms with Crippen molar-refractivity contribution in [2.45, 2.75) is 43.8 Å². The van der Waals surface area contributed by atoms with E-state index in [1.807, 2.05) is 12.1 Å². The van der Waals surface area contributed by atoms with Crippen molar-refractivity contribution in [3.8, 4) is 33.8 Å². The van der Waals surface area contributed by atoms with E-state index in [2.05, 4.69) is 16.0 Å². The molecule has 0 radical (unpaired) electrons. The second kappa shape index (κ2) is 17.1. The normalized spacial score (nSPS) is 16.4. The van der Waals surface area contributed by atoms with E-state index in [4.69, 9.17) is 17.3 Å². The lowest BCUT2D eigenvalue weighted by molar-refractivity contribution is -0.142. The summed E-state index contributed by atoms with van der Waals surface area (Å²) in [5.41, 5.74) is 8.69. The molecule has 1 aliphatic heterocycles. The van der Waals surface area contributed by atoms with Gasteiger partial charge < -0.3 is 41.9 Å². The van der Waals surface area contributed by atoms with Gasteiger partial charge in [0.2, 0.25) is 17.7 Å². The molecule has 1 aliphatic rings. The minimum atomic E-state index is -1.40. The molecule has 14 heteroatoms. The van der Waals surface area contributed by atoms with Crippen molar-refractivity contribution in [1.82, 2.24) is 20.9 Å². The Morgan fingerprint density at radius 1 is 0.906 bits per heavy atom. The van der Waals surface area contributed by atoms with Gasteiger partial charge in [0, 0.05) is 35.2 Å². The maximum Gasteiger partial charge on any atom is 0.326 e. The van der Waals surface area contributed by atoms with Crippen LogP contribution in [0.4, 0.5) is 0 Å². The van der Waals surface area contributed by atoms with E-state index in [1.54, 1.807) is 36.4 Å². The van der Waals surface area contributed by atoms with Crippen LogP contribution in [0.1, 0.15) is 46.8 Å². The summed E-state index contributed by atoms with van der Waals surface area (Å²) in [6.07, 6.45) is 1.10. The molecule has 3 atom stereocenters. The summed E-state index contributed by atoms with van der Waals surface area (Å²) < 4.78 is 0. The minimum Gasteiger partial charge on any atom is -0.507 e. The number of hydrogen-bond acceptors (Lipinski definition) is 8. The standard InChI is InChI=1S/C39H40ClN5O8/c1-45(38(51)30(4-2-3-17-41)44-36(49)25-8-6-23(7-9-25)24-10-13-27(40)14-11-24)35-26-12-16-33(47)29(20-26)28-18-22(5-15-32(28)46)19-31(39(52)53)43-34(48)21-42-37(35)50/h5-16,18,20,30-31,35,46-47H,2-4,17,19,21,41H2,1H3,(H,42,50)(H,43,48)(H,44,49)(H,52,53). The second-order valence-electron chi connectivity index (χ2n) is 12.8. The van der Waals surface area contributed by atoms with E-state index in [9.17, 15) is 39.3 Å². The first-order chi connectivity index (χ1) is 25.4. The van der Waals surface area contributed by atoms with Crippen LogP contribution in [0.5, 0.6) is 11.5 Å². The molecule has 4 bridgehead atoms. The van der Waals surface area contributed by atoms with Crippen LogP contribution in [0.2, 0.25) is 5.02 Å². The predicted molar refractivity (Wildman–Crippen MR) is 198 cm³/mol. The number of rotatable bonds is 10. The molecule has 0 saturated carbocycles. The summed E-state index contributed by atoms with van der Waals surface area (Å²) in [5, 5.41) is 39.8. The van der Waals surface area contributed by atoms with Gasteiger partial charge in [-0.3, -0.25) is 19.2 Å². The molecular formula is C39H40ClN5O8. The first kappa shape index (κ1) is 38.3. The Hall–Kier alpha value is -5.92. The number of carbonyl (C=O) groups is 5. The number of amides is 4. The van der Waals surface area contributed by atoms with Crippen LogP contribution in [-0.2, 0) is 25.6 Å². The molecule has 8 N–H and O–H groups in total. The Balaban J connectivity index is 1.48. The zero-order valence-electron chi connectivity index (χ0n) is 28.8. The van der Waals surface area contributed by atoms with Gasteiger partial charge >= 0.3 is 5.97 Å². The SMILES string of the molecule is CN(C(=O)C(CCCCN)NC(=O)c1ccc(-c2ccc(Cl)cc2)cc1)C1C(=O)NCC(=O)NC(C(=O)O)Cc2ccc(O)c(c2)-c2cc1ccc2O. The summed E-state index contributed by atoms with van der Waals surface area (Å²) in [4.78, 5) is 67.7. The summed E-state index contributed by atoms with van der Waals surface area (Å²) >= 11 is 6.01. The highest BCUT2D eigenvalue weighted by Crippen LogP contribution is 2.39. The number of carboxylic acids is 1. The average Bonchev–Trinajstić information content (AvgIpc) is 3.14. The molecule has 0 spiro atoms. The molecular weight excluding hydrogens is 702 g/mol. The third kappa shape index (κ3) is 9.31. The number of nitrogens with zero attached hydrogens (tertiary/aromatic N) is 1. The lowest BCUT2D eigenvalue weighted by atomic mass is 9.94. The van der Waals surface area contributed by atoms with Crippen molar-refractivity contribution in [1.29, 1.82) is 0 Å². The molecule has 3 unspecified atom stereocenters. The molecule has 13 nitrogen and oxygen atoms in total. The molecule has 4 aromatic rings. The lowest BCUT2D eigenvalue weighted by Gasteiger charge is -2.32. The summed E-state index contributed by atoms with van der Waals surface area (Å²) in [5.74, 6) is -4.52. The van der Waals surface area contributed by atoms with Gasteiger partial charge in [0.15, 0.2) is 0 Å².